The maximum absolute atomic E-state index is 14.5. The van der Waals surface area contributed by atoms with Gasteiger partial charge in [-0.25, -0.2) is 4.85 Å². The van der Waals surface area contributed by atoms with Crippen LogP contribution in [0.2, 0.25) is 0 Å². The smallest absolute Gasteiger partial charge is 0.226 e. The van der Waals surface area contributed by atoms with Crippen molar-refractivity contribution in [1.82, 2.24) is 5.32 Å². The van der Waals surface area contributed by atoms with Crippen LogP contribution in [-0.2, 0) is 14.4 Å². The highest BCUT2D eigenvalue weighted by Crippen LogP contribution is 2.74. The lowest BCUT2D eigenvalue weighted by Gasteiger charge is -2.69. The summed E-state index contributed by atoms with van der Waals surface area (Å²) in [4.78, 5) is 45.1. The summed E-state index contributed by atoms with van der Waals surface area (Å²) in [5.74, 6) is -0.530. The van der Waals surface area contributed by atoms with Gasteiger partial charge >= 0.3 is 0 Å². The van der Waals surface area contributed by atoms with Crippen molar-refractivity contribution >= 4 is 17.5 Å². The Labute approximate surface area is 233 Å². The minimum absolute atomic E-state index is 0.0239. The Balaban J connectivity index is 1.69. The average Bonchev–Trinajstić information content (AvgIpc) is 2.87. The maximum atomic E-state index is 14.5. The summed E-state index contributed by atoms with van der Waals surface area (Å²) in [6.07, 6.45) is 9.45. The molecular weight excluding hydrogens is 488 g/mol. The lowest BCUT2D eigenvalue weighted by molar-refractivity contribution is -0.179. The van der Waals surface area contributed by atoms with E-state index in [9.17, 15) is 19.5 Å². The number of fused-ring (bicyclic) bond motifs is 7. The van der Waals surface area contributed by atoms with Crippen molar-refractivity contribution in [2.45, 2.75) is 93.4 Å². The molecular formula is C33H46N2O4. The zero-order chi connectivity index (χ0) is 28.8. The summed E-state index contributed by atoms with van der Waals surface area (Å²) in [7, 11) is 0. The third kappa shape index (κ3) is 3.44. The highest BCUT2D eigenvalue weighted by molar-refractivity contribution is 6.03. The number of allylic oxidation sites excluding steroid dienone is 4. The third-order valence-corrected chi connectivity index (χ3v) is 12.8. The van der Waals surface area contributed by atoms with Gasteiger partial charge in [0.2, 0.25) is 11.6 Å². The van der Waals surface area contributed by atoms with Crippen LogP contribution in [0, 0.1) is 56.8 Å². The molecule has 39 heavy (non-hydrogen) atoms. The molecule has 5 rings (SSSR count). The van der Waals surface area contributed by atoms with Gasteiger partial charge < -0.3 is 15.2 Å². The van der Waals surface area contributed by atoms with E-state index in [1.54, 1.807) is 6.92 Å². The number of Topliss-reactive ketones (excluding diaryl/α,β-unsaturated/α-hetero) is 1. The number of nitrogens with one attached hydrogen (secondary N) is 1. The van der Waals surface area contributed by atoms with Crippen LogP contribution in [-0.4, -0.2) is 35.7 Å². The Bertz CT molecular complexity index is 1240. The van der Waals surface area contributed by atoms with Crippen molar-refractivity contribution in [3.63, 3.8) is 0 Å². The van der Waals surface area contributed by atoms with Crippen LogP contribution in [0.5, 0.6) is 0 Å². The quantitative estimate of drug-likeness (QED) is 0.457. The molecule has 1 amide bonds. The molecule has 0 aromatic heterocycles. The molecule has 5 aliphatic carbocycles. The van der Waals surface area contributed by atoms with Crippen LogP contribution >= 0.6 is 0 Å². The van der Waals surface area contributed by atoms with Crippen molar-refractivity contribution in [3.8, 4) is 0 Å². The number of ketones is 2. The van der Waals surface area contributed by atoms with Gasteiger partial charge in [-0.3, -0.25) is 9.59 Å². The summed E-state index contributed by atoms with van der Waals surface area (Å²) in [6.45, 7) is 23.0. The van der Waals surface area contributed by atoms with E-state index in [2.05, 4.69) is 44.8 Å². The molecule has 0 aromatic rings. The molecule has 6 heteroatoms. The molecule has 0 aromatic carbocycles. The van der Waals surface area contributed by atoms with Gasteiger partial charge in [0.05, 0.1) is 18.6 Å². The van der Waals surface area contributed by atoms with Crippen LogP contribution in [0.15, 0.2) is 23.4 Å². The van der Waals surface area contributed by atoms with Crippen LogP contribution in [0.1, 0.15) is 93.4 Å². The van der Waals surface area contributed by atoms with Gasteiger partial charge in [-0.15, -0.1) is 0 Å². The van der Waals surface area contributed by atoms with Gasteiger partial charge in [-0.05, 0) is 86.0 Å². The second-order valence-electron chi connectivity index (χ2n) is 15.1. The first-order valence-electron chi connectivity index (χ1n) is 14.9. The summed E-state index contributed by atoms with van der Waals surface area (Å²) < 4.78 is 0. The fourth-order valence-corrected chi connectivity index (χ4v) is 10.3. The summed E-state index contributed by atoms with van der Waals surface area (Å²) in [5.41, 5.74) is -1.77. The van der Waals surface area contributed by atoms with Crippen molar-refractivity contribution in [2.75, 3.05) is 13.2 Å². The Morgan fingerprint density at radius 2 is 1.74 bits per heavy atom. The monoisotopic (exact) mass is 534 g/mol. The van der Waals surface area contributed by atoms with Crippen LogP contribution in [0.25, 0.3) is 4.85 Å². The first kappa shape index (κ1) is 28.3. The first-order chi connectivity index (χ1) is 18.1. The Hall–Kier alpha value is -2.26. The summed E-state index contributed by atoms with van der Waals surface area (Å²) in [6, 6.07) is 0. The van der Waals surface area contributed by atoms with Crippen LogP contribution in [0.4, 0.5) is 0 Å². The minimum atomic E-state index is -1.06. The van der Waals surface area contributed by atoms with Crippen LogP contribution in [0.3, 0.4) is 0 Å². The highest BCUT2D eigenvalue weighted by Gasteiger charge is 2.71. The van der Waals surface area contributed by atoms with Crippen molar-refractivity contribution < 1.29 is 19.5 Å². The Morgan fingerprint density at radius 1 is 1.08 bits per heavy atom. The molecule has 0 heterocycles. The van der Waals surface area contributed by atoms with Crippen LogP contribution < -0.4 is 5.32 Å². The largest absolute Gasteiger partial charge is 0.395 e. The molecule has 0 radical (unpaired) electrons. The SMILES string of the molecule is [C-]#[N+]C1=C[C@]2(C)C3=CC(=O)[C@@H]4[C@@H]5CC(C)(C)CC[C@]5(C(=O)NCC)CC[C@@]4(C)[C@]3(C)CC[C@H]2[C@](C)(CO)C1=O. The van der Waals surface area contributed by atoms with E-state index in [-0.39, 0.29) is 63.8 Å². The number of carbonyl (C=O) groups excluding carboxylic acids is 3. The molecule has 2 N–H and O–H groups in total. The molecule has 3 fully saturated rings. The van der Waals surface area contributed by atoms with Gasteiger partial charge in [-0.2, -0.15) is 0 Å². The second-order valence-corrected chi connectivity index (χ2v) is 15.1. The standard InChI is InChI=1S/C33H46N2O4/c1-9-35-27(39)33-14-12-28(2,3)17-20(33)25-22(37)16-24-29(4)18-21(34-8)26(38)30(5,19-36)23(29)10-11-31(24,6)32(25,7)13-15-33/h16,18,20,23,25,36H,9-15,17,19H2,1-7H3,(H,35,39)/t20-,23+,25-,29-,30-,31+,32+,33-/m0/s1. The number of aliphatic hydroxyl groups is 1. The van der Waals surface area contributed by atoms with E-state index >= 15 is 0 Å². The molecule has 6 nitrogen and oxygen atoms in total. The van der Waals surface area contributed by atoms with E-state index < -0.39 is 16.2 Å². The van der Waals surface area contributed by atoms with Gasteiger partial charge in [-0.1, -0.05) is 53.2 Å². The fourth-order valence-electron chi connectivity index (χ4n) is 10.3. The lowest BCUT2D eigenvalue weighted by atomic mass is 9.34. The fraction of sp³-hybridized carbons (Fsp3) is 0.758. The second kappa shape index (κ2) is 8.62. The summed E-state index contributed by atoms with van der Waals surface area (Å²) in [5, 5.41) is 13.6. The van der Waals surface area contributed by atoms with Gasteiger partial charge in [0.15, 0.2) is 11.6 Å². The van der Waals surface area contributed by atoms with E-state index in [1.165, 1.54) is 0 Å². The number of rotatable bonds is 3. The third-order valence-electron chi connectivity index (χ3n) is 12.8. The number of carbonyl (C=O) groups is 3. The predicted octanol–water partition coefficient (Wildman–Crippen LogP) is 5.67. The molecule has 0 unspecified atom stereocenters. The molecule has 0 spiro atoms. The number of aliphatic hydroxyl groups excluding tert-OH is 1. The van der Waals surface area contributed by atoms with E-state index in [0.717, 1.165) is 50.5 Å². The van der Waals surface area contributed by atoms with E-state index in [4.69, 9.17) is 6.57 Å². The number of hydrogen-bond donors (Lipinski definition) is 2. The van der Waals surface area contributed by atoms with E-state index in [1.807, 2.05) is 19.1 Å². The van der Waals surface area contributed by atoms with Crippen molar-refractivity contribution in [3.05, 3.63) is 34.8 Å². The number of hydrogen-bond acceptors (Lipinski definition) is 4. The minimum Gasteiger partial charge on any atom is -0.395 e. The van der Waals surface area contributed by atoms with E-state index in [0.29, 0.717) is 6.54 Å². The Morgan fingerprint density at radius 3 is 2.36 bits per heavy atom. The predicted molar refractivity (Wildman–Crippen MR) is 150 cm³/mol. The summed E-state index contributed by atoms with van der Waals surface area (Å²) >= 11 is 0. The van der Waals surface area contributed by atoms with Gasteiger partial charge in [0.1, 0.15) is 0 Å². The zero-order valence-electron chi connectivity index (χ0n) is 24.9. The molecule has 3 saturated carbocycles. The Kier molecular flexibility index (Phi) is 6.25. The zero-order valence-corrected chi connectivity index (χ0v) is 24.9. The molecule has 0 bridgehead atoms. The number of nitrogens with zero attached hydrogens (tertiary/aromatic N) is 1. The van der Waals surface area contributed by atoms with Crippen molar-refractivity contribution in [1.29, 1.82) is 0 Å². The lowest BCUT2D eigenvalue weighted by Crippen LogP contribution is -2.66. The molecule has 5 aliphatic rings. The highest BCUT2D eigenvalue weighted by atomic mass is 16.3. The number of amides is 1. The average molecular weight is 535 g/mol. The molecule has 0 aliphatic heterocycles. The topological polar surface area (TPSA) is 87.8 Å². The molecule has 0 saturated heterocycles. The van der Waals surface area contributed by atoms with Gasteiger partial charge in [0, 0.05) is 23.3 Å². The first-order valence-corrected chi connectivity index (χ1v) is 14.9. The molecule has 8 atom stereocenters. The maximum Gasteiger partial charge on any atom is 0.226 e. The normalized spacial score (nSPS) is 46.4. The molecule has 212 valence electrons. The van der Waals surface area contributed by atoms with Gasteiger partial charge in [0.25, 0.3) is 0 Å². The van der Waals surface area contributed by atoms with Crippen molar-refractivity contribution in [2.24, 2.45) is 50.2 Å².